The summed E-state index contributed by atoms with van der Waals surface area (Å²) in [5.74, 6) is -0.526. The van der Waals surface area contributed by atoms with Gasteiger partial charge in [-0.05, 0) is 44.9 Å². The van der Waals surface area contributed by atoms with E-state index in [9.17, 15) is 4.79 Å². The maximum Gasteiger partial charge on any atom is 0.373 e. The summed E-state index contributed by atoms with van der Waals surface area (Å²) < 4.78 is 0.821. The fourth-order valence-electron chi connectivity index (χ4n) is 1.56. The number of hydrogen-bond acceptors (Lipinski definition) is 4. The number of nitrogens with two attached hydrogens (primary N) is 1. The predicted molar refractivity (Wildman–Crippen MR) is 68.5 cm³/mol. The van der Waals surface area contributed by atoms with Crippen molar-refractivity contribution in [3.63, 3.8) is 0 Å². The van der Waals surface area contributed by atoms with Crippen LogP contribution in [0.4, 0.5) is 5.69 Å². The van der Waals surface area contributed by atoms with Gasteiger partial charge in [0.25, 0.3) is 0 Å². The Morgan fingerprint density at radius 2 is 2.06 bits per heavy atom. The van der Waals surface area contributed by atoms with E-state index in [1.807, 2.05) is 12.1 Å². The zero-order valence-corrected chi connectivity index (χ0v) is 10.7. The van der Waals surface area contributed by atoms with E-state index in [0.717, 1.165) is 15.2 Å². The molecular weight excluding hydrogens is 286 g/mol. The smallest absolute Gasteiger partial charge is 0.373 e. The minimum absolute atomic E-state index is 0.427. The molecule has 4 nitrogen and oxygen atoms in total. The highest BCUT2D eigenvalue weighted by atomic mass is 79.9. The lowest BCUT2D eigenvalue weighted by Crippen LogP contribution is -2.03. The molecule has 0 amide bonds. The average Bonchev–Trinajstić information content (AvgIpc) is 2.34. The molecule has 0 aliphatic carbocycles. The van der Waals surface area contributed by atoms with Crippen LogP contribution in [-0.4, -0.2) is 13.1 Å². The minimum atomic E-state index is -0.526. The third-order valence-corrected chi connectivity index (χ3v) is 3.26. The first-order chi connectivity index (χ1) is 8.13. The molecule has 2 N–H and O–H groups in total. The Hall–Kier alpha value is -1.59. The van der Waals surface area contributed by atoms with Crippen LogP contribution in [0.3, 0.4) is 0 Å². The molecule has 5 heteroatoms. The largest absolute Gasteiger partial charge is 0.398 e. The van der Waals surface area contributed by atoms with Gasteiger partial charge < -0.3 is 5.73 Å². The van der Waals surface area contributed by atoms with E-state index in [-0.39, 0.29) is 0 Å². The minimum Gasteiger partial charge on any atom is -0.398 e. The van der Waals surface area contributed by atoms with Crippen LogP contribution in [0.5, 0.6) is 0 Å². The summed E-state index contributed by atoms with van der Waals surface area (Å²) in [7, 11) is 1.29. The normalized spacial score (nSPS) is 10.5. The summed E-state index contributed by atoms with van der Waals surface area (Å²) in [6.07, 6.45) is 0. The van der Waals surface area contributed by atoms with E-state index in [1.54, 1.807) is 18.2 Å². The van der Waals surface area contributed by atoms with Crippen molar-refractivity contribution in [3.8, 4) is 0 Å². The van der Waals surface area contributed by atoms with Crippen molar-refractivity contribution in [2.24, 2.45) is 0 Å². The molecule has 17 heavy (non-hydrogen) atoms. The zero-order valence-electron chi connectivity index (χ0n) is 9.07. The molecule has 2 aromatic carbocycles. The van der Waals surface area contributed by atoms with E-state index < -0.39 is 5.97 Å². The van der Waals surface area contributed by atoms with Gasteiger partial charge >= 0.3 is 5.97 Å². The fourth-order valence-corrected chi connectivity index (χ4v) is 2.05. The summed E-state index contributed by atoms with van der Waals surface area (Å²) in [4.78, 5) is 20.2. The molecule has 0 aliphatic heterocycles. The van der Waals surface area contributed by atoms with Crippen LogP contribution in [0.25, 0.3) is 10.8 Å². The highest BCUT2D eigenvalue weighted by Gasteiger charge is 2.10. The molecule has 0 aromatic heterocycles. The van der Waals surface area contributed by atoms with Crippen LogP contribution >= 0.6 is 15.9 Å². The van der Waals surface area contributed by atoms with Crippen LogP contribution in [0.1, 0.15) is 10.4 Å². The van der Waals surface area contributed by atoms with E-state index in [4.69, 9.17) is 5.73 Å². The molecule has 88 valence electrons. The number of fused-ring (bicyclic) bond motifs is 1. The second-order valence-corrected chi connectivity index (χ2v) is 4.24. The van der Waals surface area contributed by atoms with Crippen molar-refractivity contribution in [1.82, 2.24) is 0 Å². The SMILES string of the molecule is COOC(=O)c1ccc2c(Br)c(N)ccc2c1. The van der Waals surface area contributed by atoms with Crippen molar-refractivity contribution in [1.29, 1.82) is 0 Å². The Morgan fingerprint density at radius 3 is 2.76 bits per heavy atom. The van der Waals surface area contributed by atoms with Gasteiger partial charge in [-0.3, -0.25) is 4.89 Å². The van der Waals surface area contributed by atoms with Gasteiger partial charge in [-0.1, -0.05) is 12.1 Å². The molecular formula is C12H10BrNO3. The molecule has 0 aliphatic rings. The van der Waals surface area contributed by atoms with Crippen molar-refractivity contribution in [3.05, 3.63) is 40.4 Å². The Kier molecular flexibility index (Phi) is 3.31. The second-order valence-electron chi connectivity index (χ2n) is 3.44. The van der Waals surface area contributed by atoms with E-state index >= 15 is 0 Å². The lowest BCUT2D eigenvalue weighted by atomic mass is 10.1. The molecule has 0 fully saturated rings. The number of hydrogen-bond donors (Lipinski definition) is 1. The van der Waals surface area contributed by atoms with Crippen LogP contribution in [0.15, 0.2) is 34.8 Å². The second kappa shape index (κ2) is 4.73. The van der Waals surface area contributed by atoms with Gasteiger partial charge in [0.1, 0.15) is 0 Å². The van der Waals surface area contributed by atoms with Gasteiger partial charge in [-0.15, -0.1) is 0 Å². The van der Waals surface area contributed by atoms with Gasteiger partial charge in [0.05, 0.1) is 12.7 Å². The summed E-state index contributed by atoms with van der Waals surface area (Å²) in [5.41, 5.74) is 6.86. The molecule has 0 saturated carbocycles. The average molecular weight is 296 g/mol. The van der Waals surface area contributed by atoms with Crippen molar-refractivity contribution in [2.45, 2.75) is 0 Å². The van der Waals surface area contributed by atoms with Crippen molar-refractivity contribution in [2.75, 3.05) is 12.8 Å². The Labute approximate surface area is 106 Å². The Bertz CT molecular complexity index is 583. The lowest BCUT2D eigenvalue weighted by molar-refractivity contribution is -0.216. The Morgan fingerprint density at radius 1 is 1.29 bits per heavy atom. The standard InChI is InChI=1S/C12H10BrNO3/c1-16-17-12(15)8-2-4-9-7(6-8)3-5-10(14)11(9)13/h2-6H,14H2,1H3. The molecule has 0 unspecified atom stereocenters. The van der Waals surface area contributed by atoms with Gasteiger partial charge in [0, 0.05) is 10.2 Å². The number of benzene rings is 2. The molecule has 0 heterocycles. The van der Waals surface area contributed by atoms with Gasteiger partial charge in [-0.2, -0.15) is 4.89 Å². The molecule has 0 saturated heterocycles. The van der Waals surface area contributed by atoms with E-state index in [2.05, 4.69) is 25.7 Å². The van der Waals surface area contributed by atoms with Gasteiger partial charge in [-0.25, -0.2) is 4.79 Å². The maximum absolute atomic E-state index is 11.5. The maximum atomic E-state index is 11.5. The number of carbonyl (C=O) groups excluding carboxylic acids is 1. The summed E-state index contributed by atoms with van der Waals surface area (Å²) in [6, 6.07) is 8.81. The van der Waals surface area contributed by atoms with Crippen LogP contribution in [0, 0.1) is 0 Å². The lowest BCUT2D eigenvalue weighted by Gasteiger charge is -2.06. The quantitative estimate of drug-likeness (QED) is 0.526. The fraction of sp³-hybridized carbons (Fsp3) is 0.0833. The zero-order chi connectivity index (χ0) is 12.4. The molecule has 0 radical (unpaired) electrons. The van der Waals surface area contributed by atoms with Gasteiger partial charge in [0.15, 0.2) is 0 Å². The van der Waals surface area contributed by atoms with Crippen LogP contribution < -0.4 is 5.73 Å². The molecule has 0 bridgehead atoms. The number of rotatable bonds is 2. The first-order valence-electron chi connectivity index (χ1n) is 4.86. The Balaban J connectivity index is 2.52. The number of halogens is 1. The number of anilines is 1. The molecule has 2 aromatic rings. The van der Waals surface area contributed by atoms with Gasteiger partial charge in [0.2, 0.25) is 0 Å². The highest BCUT2D eigenvalue weighted by Crippen LogP contribution is 2.30. The first-order valence-corrected chi connectivity index (χ1v) is 5.65. The first kappa shape index (κ1) is 11.9. The summed E-state index contributed by atoms with van der Waals surface area (Å²) >= 11 is 3.41. The number of carbonyl (C=O) groups is 1. The highest BCUT2D eigenvalue weighted by molar-refractivity contribution is 9.10. The third kappa shape index (κ3) is 2.25. The monoisotopic (exact) mass is 295 g/mol. The van der Waals surface area contributed by atoms with E-state index in [1.165, 1.54) is 7.11 Å². The molecule has 0 spiro atoms. The summed E-state index contributed by atoms with van der Waals surface area (Å²) in [5, 5.41) is 1.84. The third-order valence-electron chi connectivity index (χ3n) is 2.38. The van der Waals surface area contributed by atoms with Crippen molar-refractivity contribution >= 4 is 38.4 Å². The molecule has 0 atom stereocenters. The van der Waals surface area contributed by atoms with E-state index in [0.29, 0.717) is 11.3 Å². The molecule has 2 rings (SSSR count). The topological polar surface area (TPSA) is 61.5 Å². The van der Waals surface area contributed by atoms with Crippen molar-refractivity contribution < 1.29 is 14.6 Å². The van der Waals surface area contributed by atoms with Crippen LogP contribution in [-0.2, 0) is 9.78 Å². The predicted octanol–water partition coefficient (Wildman–Crippen LogP) is 2.90. The number of nitrogen functional groups attached to an aromatic ring is 1. The van der Waals surface area contributed by atoms with Crippen LogP contribution in [0.2, 0.25) is 0 Å². The summed E-state index contributed by atoms with van der Waals surface area (Å²) in [6.45, 7) is 0.